The topological polar surface area (TPSA) is 0 Å². The van der Waals surface area contributed by atoms with Crippen molar-refractivity contribution in [3.05, 3.63) is 52.6 Å². The van der Waals surface area contributed by atoms with Gasteiger partial charge in [0.05, 0.1) is 0 Å². The summed E-state index contributed by atoms with van der Waals surface area (Å²) in [6, 6.07) is 4.47. The van der Waals surface area contributed by atoms with E-state index in [1.54, 1.807) is 0 Å². The highest BCUT2D eigenvalue weighted by atomic mass is 14.1. The zero-order chi connectivity index (χ0) is 23.7. The summed E-state index contributed by atoms with van der Waals surface area (Å²) in [6.45, 7) is 35.4. The maximum Gasteiger partial charge on any atom is -0.0155 e. The first-order valence-corrected chi connectivity index (χ1v) is 11.7. The molecule has 0 nitrogen and oxygen atoms in total. The molecule has 29 heavy (non-hydrogen) atoms. The van der Waals surface area contributed by atoms with Gasteiger partial charge in [0.25, 0.3) is 0 Å². The molecule has 1 rings (SSSR count). The molecule has 1 aromatic rings. The van der Waals surface area contributed by atoms with Crippen LogP contribution in [0.2, 0.25) is 0 Å². The molecule has 0 heteroatoms. The monoisotopic (exact) mass is 408 g/mol. The molecule has 0 aliphatic rings. The van der Waals surface area contributed by atoms with Gasteiger partial charge in [-0.1, -0.05) is 121 Å². The summed E-state index contributed by atoms with van der Waals surface area (Å²) in [5.74, 6) is 0. The van der Waals surface area contributed by atoms with Crippen LogP contribution in [0.5, 0.6) is 0 Å². The van der Waals surface area contributed by atoms with E-state index in [1.165, 1.54) is 47.1 Å². The van der Waals surface area contributed by atoms with Crippen LogP contribution in [0.25, 0.3) is 5.57 Å². The van der Waals surface area contributed by atoms with Crippen LogP contribution < -0.4 is 0 Å². The first-order valence-electron chi connectivity index (χ1n) is 11.7. The Bertz CT molecular complexity index is 459. The van der Waals surface area contributed by atoms with Crippen molar-refractivity contribution in [1.29, 1.82) is 0 Å². The highest BCUT2D eigenvalue weighted by Gasteiger charge is 2.06. The highest BCUT2D eigenvalue weighted by Crippen LogP contribution is 2.26. The van der Waals surface area contributed by atoms with Gasteiger partial charge in [-0.25, -0.2) is 0 Å². The van der Waals surface area contributed by atoms with Crippen LogP contribution >= 0.6 is 0 Å². The average molecular weight is 409 g/mol. The van der Waals surface area contributed by atoms with Crippen molar-refractivity contribution in [2.75, 3.05) is 0 Å². The molecule has 0 bridgehead atoms. The molecule has 0 fully saturated rings. The lowest BCUT2D eigenvalue weighted by molar-refractivity contribution is 0.886. The summed E-state index contributed by atoms with van der Waals surface area (Å²) in [5, 5.41) is 0. The first-order chi connectivity index (χ1) is 13.3. The van der Waals surface area contributed by atoms with Gasteiger partial charge in [0.2, 0.25) is 0 Å². The summed E-state index contributed by atoms with van der Waals surface area (Å²) in [4.78, 5) is 0. The van der Waals surface area contributed by atoms with E-state index in [2.05, 4.69) is 87.1 Å². The van der Waals surface area contributed by atoms with Crippen LogP contribution in [0.1, 0.15) is 132 Å². The lowest BCUT2D eigenvalue weighted by Gasteiger charge is -2.12. The maximum atomic E-state index is 4.16. The molecule has 0 saturated heterocycles. The van der Waals surface area contributed by atoms with Gasteiger partial charge in [-0.3, -0.25) is 0 Å². The molecule has 176 valence electrons. The second-order valence-electron chi connectivity index (χ2n) is 5.91. The minimum Gasteiger partial charge on any atom is -0.0909 e. The lowest BCUT2D eigenvalue weighted by atomic mass is 9.93. The minimum absolute atomic E-state index is 0. The van der Waals surface area contributed by atoms with E-state index < -0.39 is 0 Å². The fraction of sp³-hybridized carbons (Fsp3) is 0.655. The second-order valence-corrected chi connectivity index (χ2v) is 5.91. The van der Waals surface area contributed by atoms with Crippen molar-refractivity contribution in [3.63, 3.8) is 0 Å². The largest absolute Gasteiger partial charge is 0.0909 e. The van der Waals surface area contributed by atoms with Crippen molar-refractivity contribution >= 4 is 5.57 Å². The molecular formula is C29H60. The standard InChI is InChI=1S/C15H20.C4H10.C3H8.3C2H6.CH4/c1-7-10(2)14(6)15-9-12(4)11(3)8-13(15)5;1-3-4-2;1-3-2;3*1-2;/h7-9H,6H2,1-5H3;3-4H2,1-2H3;3H2,1-2H3;3*1-2H3;1H4/b10-7-;;;;;;. The average Bonchev–Trinajstić information content (AvgIpc) is 2.74. The van der Waals surface area contributed by atoms with Crippen LogP contribution in [-0.2, 0) is 0 Å². The third kappa shape index (κ3) is 24.7. The smallest absolute Gasteiger partial charge is 0.0155 e. The molecular weight excluding hydrogens is 348 g/mol. The first kappa shape index (κ1) is 41.9. The zero-order valence-corrected chi connectivity index (χ0v) is 22.6. The van der Waals surface area contributed by atoms with E-state index in [-0.39, 0.29) is 7.43 Å². The number of allylic oxidation sites excluding steroid dienone is 3. The summed E-state index contributed by atoms with van der Waals surface area (Å²) in [6.07, 6.45) is 6.00. The summed E-state index contributed by atoms with van der Waals surface area (Å²) < 4.78 is 0. The molecule has 0 amide bonds. The summed E-state index contributed by atoms with van der Waals surface area (Å²) >= 11 is 0. The molecule has 0 spiro atoms. The van der Waals surface area contributed by atoms with Gasteiger partial charge < -0.3 is 0 Å². The Morgan fingerprint density at radius 2 is 1.07 bits per heavy atom. The Balaban J connectivity index is -0.0000000793. The Morgan fingerprint density at radius 1 is 0.759 bits per heavy atom. The number of unbranched alkanes of at least 4 members (excludes halogenated alkanes) is 1. The van der Waals surface area contributed by atoms with Crippen LogP contribution in [-0.4, -0.2) is 0 Å². The molecule has 1 aromatic carbocycles. The number of hydrogen-bond donors (Lipinski definition) is 0. The lowest BCUT2D eigenvalue weighted by Crippen LogP contribution is -1.93. The predicted octanol–water partition coefficient (Wildman–Crippen LogP) is 11.5. The molecule has 0 atom stereocenters. The van der Waals surface area contributed by atoms with Crippen LogP contribution in [0.15, 0.2) is 30.4 Å². The Morgan fingerprint density at radius 3 is 1.34 bits per heavy atom. The van der Waals surface area contributed by atoms with Crippen molar-refractivity contribution in [2.24, 2.45) is 0 Å². The maximum absolute atomic E-state index is 4.16. The van der Waals surface area contributed by atoms with E-state index in [0.717, 1.165) is 5.57 Å². The zero-order valence-electron chi connectivity index (χ0n) is 22.6. The van der Waals surface area contributed by atoms with Gasteiger partial charge in [0.1, 0.15) is 0 Å². The second kappa shape index (κ2) is 34.2. The van der Waals surface area contributed by atoms with Gasteiger partial charge in [-0.15, -0.1) is 0 Å². The van der Waals surface area contributed by atoms with Gasteiger partial charge in [-0.05, 0) is 68.0 Å². The SMILES string of the molecule is C.C=C(/C(C)=C\C)c1cc(C)c(C)cc1C.CC.CC.CC.CCC.CCCC. The fourth-order valence-electron chi connectivity index (χ4n) is 1.67. The number of hydrogen-bond acceptors (Lipinski definition) is 0. The fourth-order valence-corrected chi connectivity index (χ4v) is 1.67. The third-order valence-electron chi connectivity index (χ3n) is 3.57. The third-order valence-corrected chi connectivity index (χ3v) is 3.57. The van der Waals surface area contributed by atoms with Crippen LogP contribution in [0.3, 0.4) is 0 Å². The quantitative estimate of drug-likeness (QED) is 0.436. The number of rotatable bonds is 3. The van der Waals surface area contributed by atoms with Crippen molar-refractivity contribution in [2.45, 2.75) is 131 Å². The molecule has 0 aromatic heterocycles. The van der Waals surface area contributed by atoms with Gasteiger partial charge in [-0.2, -0.15) is 0 Å². The van der Waals surface area contributed by atoms with Gasteiger partial charge >= 0.3 is 0 Å². The summed E-state index contributed by atoms with van der Waals surface area (Å²) in [7, 11) is 0. The normalized spacial score (nSPS) is 8.31. The Kier molecular flexibility index (Phi) is 49.5. The van der Waals surface area contributed by atoms with E-state index >= 15 is 0 Å². The predicted molar refractivity (Wildman–Crippen MR) is 146 cm³/mol. The molecule has 0 heterocycles. The minimum atomic E-state index is 0. The Labute approximate surface area is 188 Å². The van der Waals surface area contributed by atoms with Crippen molar-refractivity contribution < 1.29 is 0 Å². The van der Waals surface area contributed by atoms with E-state index in [9.17, 15) is 0 Å². The number of aryl methyl sites for hydroxylation is 3. The van der Waals surface area contributed by atoms with E-state index in [1.807, 2.05) is 41.5 Å². The van der Waals surface area contributed by atoms with Crippen LogP contribution in [0, 0.1) is 20.8 Å². The molecule has 0 saturated carbocycles. The molecule has 0 N–H and O–H groups in total. The van der Waals surface area contributed by atoms with E-state index in [4.69, 9.17) is 0 Å². The van der Waals surface area contributed by atoms with Crippen molar-refractivity contribution in [1.82, 2.24) is 0 Å². The Hall–Kier alpha value is -1.30. The number of benzene rings is 1. The van der Waals surface area contributed by atoms with Crippen LogP contribution in [0.4, 0.5) is 0 Å². The van der Waals surface area contributed by atoms with Gasteiger partial charge in [0, 0.05) is 0 Å². The molecule has 0 aliphatic carbocycles. The van der Waals surface area contributed by atoms with Gasteiger partial charge in [0.15, 0.2) is 0 Å². The molecule has 0 radical (unpaired) electrons. The molecule has 0 unspecified atom stereocenters. The molecule has 0 aliphatic heterocycles. The van der Waals surface area contributed by atoms with E-state index in [0.29, 0.717) is 0 Å². The van der Waals surface area contributed by atoms with Crippen molar-refractivity contribution in [3.8, 4) is 0 Å². The highest BCUT2D eigenvalue weighted by molar-refractivity contribution is 5.78. The summed E-state index contributed by atoms with van der Waals surface area (Å²) in [5.41, 5.74) is 7.65.